The molecule has 0 bridgehead atoms. The first-order valence-corrected chi connectivity index (χ1v) is 4.98. The SMILES string of the molecule is C=CCCn1cnc2cc(F)ccc2c1=O. The molecule has 82 valence electrons. The van der Waals surface area contributed by atoms with E-state index in [4.69, 9.17) is 0 Å². The topological polar surface area (TPSA) is 34.9 Å². The Labute approximate surface area is 91.9 Å². The molecule has 0 saturated heterocycles. The van der Waals surface area contributed by atoms with Crippen molar-refractivity contribution in [1.29, 1.82) is 0 Å². The highest BCUT2D eigenvalue weighted by molar-refractivity contribution is 5.77. The summed E-state index contributed by atoms with van der Waals surface area (Å²) in [4.78, 5) is 16.0. The third-order valence-corrected chi connectivity index (χ3v) is 2.36. The summed E-state index contributed by atoms with van der Waals surface area (Å²) in [6.07, 6.45) is 3.88. The fraction of sp³-hybridized carbons (Fsp3) is 0.167. The van der Waals surface area contributed by atoms with Gasteiger partial charge in [-0.05, 0) is 18.6 Å². The Bertz CT molecular complexity index is 589. The molecule has 0 aliphatic carbocycles. The van der Waals surface area contributed by atoms with Gasteiger partial charge in [-0.25, -0.2) is 9.37 Å². The summed E-state index contributed by atoms with van der Waals surface area (Å²) in [7, 11) is 0. The minimum Gasteiger partial charge on any atom is -0.298 e. The molecular weight excluding hydrogens is 207 g/mol. The van der Waals surface area contributed by atoms with Crippen LogP contribution < -0.4 is 5.56 Å². The smallest absolute Gasteiger partial charge is 0.261 e. The zero-order chi connectivity index (χ0) is 11.5. The van der Waals surface area contributed by atoms with E-state index in [0.29, 0.717) is 23.9 Å². The van der Waals surface area contributed by atoms with Crippen LogP contribution in [0.15, 0.2) is 42.0 Å². The standard InChI is InChI=1S/C12H11FN2O/c1-2-3-6-15-8-14-11-7-9(13)4-5-10(11)12(15)16/h2,4-5,7-8H,1,3,6H2. The Morgan fingerprint density at radius 2 is 2.31 bits per heavy atom. The van der Waals surface area contributed by atoms with Crippen molar-refractivity contribution in [2.24, 2.45) is 0 Å². The van der Waals surface area contributed by atoms with Gasteiger partial charge in [0.2, 0.25) is 0 Å². The van der Waals surface area contributed by atoms with E-state index in [1.54, 1.807) is 6.08 Å². The van der Waals surface area contributed by atoms with Crippen LogP contribution in [0.5, 0.6) is 0 Å². The van der Waals surface area contributed by atoms with Crippen LogP contribution >= 0.6 is 0 Å². The van der Waals surface area contributed by atoms with Gasteiger partial charge in [-0.2, -0.15) is 0 Å². The number of rotatable bonds is 3. The van der Waals surface area contributed by atoms with Gasteiger partial charge < -0.3 is 0 Å². The van der Waals surface area contributed by atoms with Crippen LogP contribution in [0.4, 0.5) is 4.39 Å². The molecule has 0 atom stereocenters. The van der Waals surface area contributed by atoms with E-state index in [1.807, 2.05) is 0 Å². The number of halogens is 1. The van der Waals surface area contributed by atoms with Gasteiger partial charge in [-0.15, -0.1) is 6.58 Å². The summed E-state index contributed by atoms with van der Waals surface area (Å²) < 4.78 is 14.4. The predicted octanol–water partition coefficient (Wildman–Crippen LogP) is 2.11. The Kier molecular flexibility index (Phi) is 2.81. The molecule has 0 saturated carbocycles. The molecule has 1 aromatic carbocycles. The van der Waals surface area contributed by atoms with Gasteiger partial charge in [-0.3, -0.25) is 9.36 Å². The second kappa shape index (κ2) is 4.26. The van der Waals surface area contributed by atoms with Gasteiger partial charge in [0.1, 0.15) is 5.82 Å². The largest absolute Gasteiger partial charge is 0.298 e. The number of allylic oxidation sites excluding steroid dienone is 1. The van der Waals surface area contributed by atoms with Gasteiger partial charge in [0.05, 0.1) is 17.2 Å². The molecule has 0 fully saturated rings. The Morgan fingerprint density at radius 1 is 1.50 bits per heavy atom. The van der Waals surface area contributed by atoms with Crippen molar-refractivity contribution in [2.75, 3.05) is 0 Å². The average Bonchev–Trinajstić information content (AvgIpc) is 2.28. The molecule has 4 heteroatoms. The van der Waals surface area contributed by atoms with Gasteiger partial charge in [0.15, 0.2) is 0 Å². The summed E-state index contributed by atoms with van der Waals surface area (Å²) >= 11 is 0. The Hall–Kier alpha value is -1.97. The number of hydrogen-bond acceptors (Lipinski definition) is 2. The van der Waals surface area contributed by atoms with Crippen LogP contribution in [0.3, 0.4) is 0 Å². The van der Waals surface area contributed by atoms with Crippen molar-refractivity contribution >= 4 is 10.9 Å². The van der Waals surface area contributed by atoms with Crippen molar-refractivity contribution < 1.29 is 4.39 Å². The van der Waals surface area contributed by atoms with Crippen LogP contribution in [-0.4, -0.2) is 9.55 Å². The average molecular weight is 218 g/mol. The molecule has 0 amide bonds. The minimum atomic E-state index is -0.386. The van der Waals surface area contributed by atoms with E-state index in [0.717, 1.165) is 0 Å². The van der Waals surface area contributed by atoms with Crippen LogP contribution in [0.25, 0.3) is 10.9 Å². The first-order chi connectivity index (χ1) is 7.72. The van der Waals surface area contributed by atoms with Crippen molar-refractivity contribution in [3.8, 4) is 0 Å². The van der Waals surface area contributed by atoms with Crippen molar-refractivity contribution in [3.05, 3.63) is 53.4 Å². The van der Waals surface area contributed by atoms with Crippen LogP contribution in [-0.2, 0) is 6.54 Å². The summed E-state index contributed by atoms with van der Waals surface area (Å²) in [5.41, 5.74) is 0.242. The second-order valence-electron chi connectivity index (χ2n) is 3.48. The summed E-state index contributed by atoms with van der Waals surface area (Å²) in [6, 6.07) is 3.99. The molecule has 0 aliphatic heterocycles. The van der Waals surface area contributed by atoms with Crippen molar-refractivity contribution in [3.63, 3.8) is 0 Å². The lowest BCUT2D eigenvalue weighted by Gasteiger charge is -2.04. The fourth-order valence-corrected chi connectivity index (χ4v) is 1.52. The highest BCUT2D eigenvalue weighted by Crippen LogP contribution is 2.08. The van der Waals surface area contributed by atoms with Crippen molar-refractivity contribution in [1.82, 2.24) is 9.55 Å². The number of aromatic nitrogens is 2. The number of benzene rings is 1. The predicted molar refractivity (Wildman–Crippen MR) is 60.8 cm³/mol. The van der Waals surface area contributed by atoms with Crippen LogP contribution in [0.2, 0.25) is 0 Å². The van der Waals surface area contributed by atoms with Gasteiger partial charge in [0, 0.05) is 12.6 Å². The Morgan fingerprint density at radius 3 is 3.06 bits per heavy atom. The molecule has 0 aliphatic rings. The van der Waals surface area contributed by atoms with E-state index >= 15 is 0 Å². The van der Waals surface area contributed by atoms with Gasteiger partial charge >= 0.3 is 0 Å². The monoisotopic (exact) mass is 218 g/mol. The van der Waals surface area contributed by atoms with Crippen molar-refractivity contribution in [2.45, 2.75) is 13.0 Å². The lowest BCUT2D eigenvalue weighted by atomic mass is 10.2. The third-order valence-electron chi connectivity index (χ3n) is 2.36. The number of nitrogens with zero attached hydrogens (tertiary/aromatic N) is 2. The molecule has 3 nitrogen and oxygen atoms in total. The first kappa shape index (κ1) is 10.5. The van der Waals surface area contributed by atoms with E-state index in [9.17, 15) is 9.18 Å². The van der Waals surface area contributed by atoms with Gasteiger partial charge in [-0.1, -0.05) is 6.08 Å². The lowest BCUT2D eigenvalue weighted by molar-refractivity contribution is 0.628. The summed E-state index contributed by atoms with van der Waals surface area (Å²) in [5, 5.41) is 0.438. The second-order valence-corrected chi connectivity index (χ2v) is 3.48. The number of fused-ring (bicyclic) bond motifs is 1. The summed E-state index contributed by atoms with van der Waals surface area (Å²) in [6.45, 7) is 4.14. The highest BCUT2D eigenvalue weighted by Gasteiger charge is 2.04. The molecule has 16 heavy (non-hydrogen) atoms. The van der Waals surface area contributed by atoms with E-state index in [-0.39, 0.29) is 11.4 Å². The highest BCUT2D eigenvalue weighted by atomic mass is 19.1. The Balaban J connectivity index is 2.56. The number of aryl methyl sites for hydroxylation is 1. The molecule has 0 N–H and O–H groups in total. The zero-order valence-corrected chi connectivity index (χ0v) is 8.69. The molecule has 0 radical (unpaired) electrons. The molecular formula is C12H11FN2O. The molecule has 2 rings (SSSR count). The lowest BCUT2D eigenvalue weighted by Crippen LogP contribution is -2.20. The van der Waals surface area contributed by atoms with E-state index in [2.05, 4.69) is 11.6 Å². The van der Waals surface area contributed by atoms with E-state index in [1.165, 1.54) is 29.1 Å². The zero-order valence-electron chi connectivity index (χ0n) is 8.69. The number of hydrogen-bond donors (Lipinski definition) is 0. The summed E-state index contributed by atoms with van der Waals surface area (Å²) in [5.74, 6) is -0.386. The molecule has 2 aromatic rings. The maximum Gasteiger partial charge on any atom is 0.261 e. The van der Waals surface area contributed by atoms with Crippen LogP contribution in [0, 0.1) is 5.82 Å². The van der Waals surface area contributed by atoms with Crippen LogP contribution in [0.1, 0.15) is 6.42 Å². The fourth-order valence-electron chi connectivity index (χ4n) is 1.52. The molecule has 1 heterocycles. The molecule has 0 unspecified atom stereocenters. The third kappa shape index (κ3) is 1.86. The molecule has 0 spiro atoms. The molecule has 1 aromatic heterocycles. The minimum absolute atomic E-state index is 0.146. The van der Waals surface area contributed by atoms with E-state index < -0.39 is 0 Å². The maximum atomic E-state index is 12.9. The normalized spacial score (nSPS) is 10.6. The quantitative estimate of drug-likeness (QED) is 0.739. The first-order valence-electron chi connectivity index (χ1n) is 4.98. The van der Waals surface area contributed by atoms with Gasteiger partial charge in [0.25, 0.3) is 5.56 Å². The maximum absolute atomic E-state index is 12.9.